The Bertz CT molecular complexity index is 588. The number of likely N-dealkylation sites (N-methyl/N-ethyl adjacent to an activating group) is 1. The number of rotatable bonds is 4. The molecule has 0 radical (unpaired) electrons. The van der Waals surface area contributed by atoms with Crippen LogP contribution in [0.25, 0.3) is 0 Å². The largest absolute Gasteiger partial charge is 0.318 e. The van der Waals surface area contributed by atoms with E-state index in [2.05, 4.69) is 21.2 Å². The lowest BCUT2D eigenvalue weighted by Gasteiger charge is -2.24. The van der Waals surface area contributed by atoms with Gasteiger partial charge in [-0.15, -0.1) is 0 Å². The highest BCUT2D eigenvalue weighted by Crippen LogP contribution is 2.35. The predicted molar refractivity (Wildman–Crippen MR) is 80.0 cm³/mol. The molecule has 0 saturated carbocycles. The molecule has 1 aliphatic rings. The van der Waals surface area contributed by atoms with Crippen LogP contribution in [0.5, 0.6) is 0 Å². The number of hydrogen-bond acceptors (Lipinski definition) is 3. The van der Waals surface area contributed by atoms with Crippen molar-refractivity contribution in [3.63, 3.8) is 0 Å². The highest BCUT2D eigenvalue weighted by Gasteiger charge is 2.37. The molecule has 112 valence electrons. The summed E-state index contributed by atoms with van der Waals surface area (Å²) in [6.07, 6.45) is 1.61. The van der Waals surface area contributed by atoms with Crippen LogP contribution in [0.1, 0.15) is 12.8 Å². The molecule has 0 amide bonds. The number of nitrogens with zero attached hydrogens (tertiary/aromatic N) is 1. The van der Waals surface area contributed by atoms with Crippen molar-refractivity contribution in [2.45, 2.75) is 23.8 Å². The van der Waals surface area contributed by atoms with Crippen LogP contribution in [0.3, 0.4) is 0 Å². The monoisotopic (exact) mass is 384 g/mol. The Morgan fingerprint density at radius 1 is 1.55 bits per heavy atom. The van der Waals surface area contributed by atoms with Gasteiger partial charge in [-0.25, -0.2) is 12.8 Å². The van der Waals surface area contributed by atoms with Crippen LogP contribution >= 0.6 is 27.5 Å². The first-order valence-electron chi connectivity index (χ1n) is 6.19. The summed E-state index contributed by atoms with van der Waals surface area (Å²) < 4.78 is 40.3. The fourth-order valence-electron chi connectivity index (χ4n) is 2.46. The molecular formula is C12H15BrClFN2O2S. The maximum Gasteiger partial charge on any atom is 0.245 e. The average molecular weight is 386 g/mol. The van der Waals surface area contributed by atoms with Crippen molar-refractivity contribution >= 4 is 37.6 Å². The molecule has 1 aromatic carbocycles. The van der Waals surface area contributed by atoms with Gasteiger partial charge in [0.05, 0.1) is 5.02 Å². The van der Waals surface area contributed by atoms with E-state index in [9.17, 15) is 12.8 Å². The first-order valence-corrected chi connectivity index (χ1v) is 8.80. The lowest BCUT2D eigenvalue weighted by Crippen LogP contribution is -2.41. The molecule has 0 spiro atoms. The topological polar surface area (TPSA) is 49.4 Å². The normalized spacial score (nSPS) is 20.5. The van der Waals surface area contributed by atoms with Gasteiger partial charge in [-0.3, -0.25) is 0 Å². The quantitative estimate of drug-likeness (QED) is 0.867. The van der Waals surface area contributed by atoms with Crippen LogP contribution in [-0.4, -0.2) is 38.9 Å². The summed E-state index contributed by atoms with van der Waals surface area (Å²) in [6.45, 7) is 1.03. The molecule has 1 fully saturated rings. The summed E-state index contributed by atoms with van der Waals surface area (Å²) in [5.41, 5.74) is 0. The molecule has 2 rings (SSSR count). The minimum atomic E-state index is -3.74. The van der Waals surface area contributed by atoms with Gasteiger partial charge in [0.25, 0.3) is 0 Å². The molecule has 1 atom stereocenters. The summed E-state index contributed by atoms with van der Waals surface area (Å²) in [7, 11) is -1.96. The van der Waals surface area contributed by atoms with E-state index in [0.29, 0.717) is 13.1 Å². The van der Waals surface area contributed by atoms with Crippen LogP contribution in [0.2, 0.25) is 5.02 Å². The summed E-state index contributed by atoms with van der Waals surface area (Å²) in [5, 5.41) is 2.89. The minimum absolute atomic E-state index is 0.0661. The molecule has 0 unspecified atom stereocenters. The van der Waals surface area contributed by atoms with E-state index in [0.717, 1.165) is 25.0 Å². The first-order chi connectivity index (χ1) is 9.37. The Kier molecular flexibility index (Phi) is 5.07. The lowest BCUT2D eigenvalue weighted by molar-refractivity contribution is 0.379. The highest BCUT2D eigenvalue weighted by atomic mass is 79.9. The summed E-state index contributed by atoms with van der Waals surface area (Å²) in [5.74, 6) is -0.575. The maximum absolute atomic E-state index is 13.2. The van der Waals surface area contributed by atoms with Crippen molar-refractivity contribution in [1.29, 1.82) is 0 Å². The number of benzene rings is 1. The molecule has 0 aliphatic carbocycles. The van der Waals surface area contributed by atoms with Crippen LogP contribution in [-0.2, 0) is 10.0 Å². The van der Waals surface area contributed by atoms with Gasteiger partial charge in [-0.05, 0) is 48.0 Å². The first kappa shape index (κ1) is 16.2. The second-order valence-electron chi connectivity index (χ2n) is 4.67. The van der Waals surface area contributed by atoms with Crippen LogP contribution < -0.4 is 5.32 Å². The second-order valence-corrected chi connectivity index (χ2v) is 7.76. The van der Waals surface area contributed by atoms with Crippen LogP contribution in [0.15, 0.2) is 21.5 Å². The van der Waals surface area contributed by atoms with Crippen LogP contribution in [0, 0.1) is 5.82 Å². The predicted octanol–water partition coefficient (Wildman–Crippen LogP) is 2.61. The maximum atomic E-state index is 13.2. The van der Waals surface area contributed by atoms with Gasteiger partial charge < -0.3 is 5.32 Å². The number of halogens is 3. The molecule has 1 aromatic rings. The lowest BCUT2D eigenvalue weighted by atomic mass is 10.2. The molecule has 0 aromatic heterocycles. The van der Waals surface area contributed by atoms with E-state index >= 15 is 0 Å². The van der Waals surface area contributed by atoms with Gasteiger partial charge in [0, 0.05) is 23.6 Å². The Balaban J connectivity index is 2.45. The summed E-state index contributed by atoms with van der Waals surface area (Å²) in [6, 6.07) is 2.03. The molecule has 0 bridgehead atoms. The Hall–Kier alpha value is -0.210. The van der Waals surface area contributed by atoms with E-state index in [-0.39, 0.29) is 20.4 Å². The van der Waals surface area contributed by atoms with Gasteiger partial charge >= 0.3 is 0 Å². The minimum Gasteiger partial charge on any atom is -0.318 e. The smallest absolute Gasteiger partial charge is 0.245 e. The van der Waals surface area contributed by atoms with Crippen molar-refractivity contribution < 1.29 is 12.8 Å². The average Bonchev–Trinajstić information content (AvgIpc) is 2.76. The number of nitrogens with one attached hydrogen (secondary N) is 1. The van der Waals surface area contributed by atoms with Crippen molar-refractivity contribution in [3.8, 4) is 0 Å². The van der Waals surface area contributed by atoms with E-state index in [1.807, 2.05) is 0 Å². The standard InChI is InChI=1S/C12H15BrClFN2O2S/c1-16-7-9-3-2-4-17(9)20(18,19)12-10(13)5-8(15)6-11(12)14/h5-6,9,16H,2-4,7H2,1H3/t9-/m1/s1. The fourth-order valence-corrected chi connectivity index (χ4v) is 5.90. The molecule has 1 aliphatic heterocycles. The van der Waals surface area contributed by atoms with Gasteiger partial charge in [0.15, 0.2) is 0 Å². The Morgan fingerprint density at radius 2 is 2.25 bits per heavy atom. The molecule has 8 heteroatoms. The fraction of sp³-hybridized carbons (Fsp3) is 0.500. The van der Waals surface area contributed by atoms with E-state index in [4.69, 9.17) is 11.6 Å². The van der Waals surface area contributed by atoms with Gasteiger partial charge in [-0.1, -0.05) is 11.6 Å². The van der Waals surface area contributed by atoms with Gasteiger partial charge in [-0.2, -0.15) is 4.31 Å². The summed E-state index contributed by atoms with van der Waals surface area (Å²) in [4.78, 5) is -0.0661. The van der Waals surface area contributed by atoms with Gasteiger partial charge in [0.1, 0.15) is 10.7 Å². The van der Waals surface area contributed by atoms with Crippen molar-refractivity contribution in [3.05, 3.63) is 27.4 Å². The molecular weight excluding hydrogens is 371 g/mol. The van der Waals surface area contributed by atoms with Crippen molar-refractivity contribution in [2.75, 3.05) is 20.1 Å². The second kappa shape index (κ2) is 6.27. The highest BCUT2D eigenvalue weighted by molar-refractivity contribution is 9.10. The Labute approximate surface area is 131 Å². The third-order valence-corrected chi connectivity index (χ3v) is 6.64. The molecule has 20 heavy (non-hydrogen) atoms. The van der Waals surface area contributed by atoms with Crippen molar-refractivity contribution in [2.24, 2.45) is 0 Å². The van der Waals surface area contributed by atoms with E-state index in [1.165, 1.54) is 4.31 Å². The SMILES string of the molecule is CNC[C@H]1CCCN1S(=O)(=O)c1c(Cl)cc(F)cc1Br. The number of sulfonamides is 1. The molecule has 1 saturated heterocycles. The molecule has 4 nitrogen and oxygen atoms in total. The number of hydrogen-bond donors (Lipinski definition) is 1. The zero-order valence-electron chi connectivity index (χ0n) is 10.9. The summed E-state index contributed by atoms with van der Waals surface area (Å²) >= 11 is 9.02. The third-order valence-electron chi connectivity index (χ3n) is 3.29. The molecule has 1 N–H and O–H groups in total. The van der Waals surface area contributed by atoms with Gasteiger partial charge in [0.2, 0.25) is 10.0 Å². The van der Waals surface area contributed by atoms with E-state index in [1.54, 1.807) is 7.05 Å². The van der Waals surface area contributed by atoms with Crippen molar-refractivity contribution in [1.82, 2.24) is 9.62 Å². The molecule has 1 heterocycles. The van der Waals surface area contributed by atoms with Crippen LogP contribution in [0.4, 0.5) is 4.39 Å². The Morgan fingerprint density at radius 3 is 2.85 bits per heavy atom. The zero-order valence-corrected chi connectivity index (χ0v) is 14.0. The zero-order chi connectivity index (χ0) is 14.9. The third kappa shape index (κ3) is 3.01. The van der Waals surface area contributed by atoms with E-state index < -0.39 is 15.8 Å².